The van der Waals surface area contributed by atoms with Crippen LogP contribution in [0.25, 0.3) is 0 Å². The van der Waals surface area contributed by atoms with Crippen LogP contribution in [0.15, 0.2) is 33.8 Å². The van der Waals surface area contributed by atoms with Gasteiger partial charge in [-0.15, -0.1) is 0 Å². The number of ether oxygens (including phenoxy) is 2. The fraction of sp³-hybridized carbons (Fsp3) is 0.400. The van der Waals surface area contributed by atoms with Gasteiger partial charge in [0.25, 0.3) is 0 Å². The van der Waals surface area contributed by atoms with Gasteiger partial charge in [-0.25, -0.2) is 0 Å². The van der Waals surface area contributed by atoms with E-state index in [1.807, 2.05) is 24.3 Å². The summed E-state index contributed by atoms with van der Waals surface area (Å²) in [5, 5.41) is 10.1. The number of hydrogen-bond donors (Lipinski definition) is 2. The van der Waals surface area contributed by atoms with Crippen molar-refractivity contribution >= 4 is 5.96 Å². The van der Waals surface area contributed by atoms with Crippen molar-refractivity contribution in [2.24, 2.45) is 4.99 Å². The molecule has 1 aromatic carbocycles. The van der Waals surface area contributed by atoms with E-state index in [1.54, 1.807) is 14.0 Å². The second kappa shape index (κ2) is 6.99. The molecule has 0 spiro atoms. The molecule has 8 nitrogen and oxygen atoms in total. The van der Waals surface area contributed by atoms with Gasteiger partial charge in [-0.3, -0.25) is 4.99 Å². The number of rotatable bonds is 4. The van der Waals surface area contributed by atoms with E-state index >= 15 is 0 Å². The first-order chi connectivity index (χ1) is 11.2. The van der Waals surface area contributed by atoms with E-state index in [-0.39, 0.29) is 6.10 Å². The van der Waals surface area contributed by atoms with E-state index in [4.69, 9.17) is 14.0 Å². The molecule has 0 bridgehead atoms. The highest BCUT2D eigenvalue weighted by Crippen LogP contribution is 2.30. The first-order valence-corrected chi connectivity index (χ1v) is 7.37. The van der Waals surface area contributed by atoms with E-state index in [2.05, 4.69) is 25.8 Å². The van der Waals surface area contributed by atoms with Crippen LogP contribution in [-0.4, -0.2) is 42.4 Å². The summed E-state index contributed by atoms with van der Waals surface area (Å²) < 4.78 is 16.5. The Balaban J connectivity index is 1.47. The summed E-state index contributed by atoms with van der Waals surface area (Å²) in [6, 6.07) is 7.64. The summed E-state index contributed by atoms with van der Waals surface area (Å²) in [6.07, 6.45) is -0.0872. The summed E-state index contributed by atoms with van der Waals surface area (Å²) in [5.74, 6) is 3.29. The minimum atomic E-state index is -0.0872. The van der Waals surface area contributed by atoms with Crippen LogP contribution in [0.3, 0.4) is 0 Å². The number of aromatic nitrogens is 2. The minimum Gasteiger partial charge on any atom is -0.486 e. The summed E-state index contributed by atoms with van der Waals surface area (Å²) in [7, 11) is 1.70. The first-order valence-electron chi connectivity index (χ1n) is 7.37. The number of fused-ring (bicyclic) bond motifs is 1. The lowest BCUT2D eigenvalue weighted by Crippen LogP contribution is -2.45. The molecule has 122 valence electrons. The van der Waals surface area contributed by atoms with Gasteiger partial charge in [0.2, 0.25) is 5.89 Å². The Morgan fingerprint density at radius 3 is 2.87 bits per heavy atom. The van der Waals surface area contributed by atoms with Gasteiger partial charge in [-0.2, -0.15) is 4.98 Å². The first kappa shape index (κ1) is 15.1. The Labute approximate surface area is 133 Å². The van der Waals surface area contributed by atoms with Gasteiger partial charge < -0.3 is 24.6 Å². The van der Waals surface area contributed by atoms with Gasteiger partial charge in [0, 0.05) is 14.0 Å². The maximum atomic E-state index is 5.88. The molecule has 0 radical (unpaired) electrons. The van der Waals surface area contributed by atoms with Crippen molar-refractivity contribution in [3.05, 3.63) is 36.0 Å². The van der Waals surface area contributed by atoms with E-state index < -0.39 is 0 Å². The van der Waals surface area contributed by atoms with Crippen LogP contribution in [0.4, 0.5) is 0 Å². The molecule has 0 amide bonds. The van der Waals surface area contributed by atoms with Crippen molar-refractivity contribution in [1.82, 2.24) is 20.8 Å². The predicted molar refractivity (Wildman–Crippen MR) is 83.6 cm³/mol. The molecule has 2 N–H and O–H groups in total. The van der Waals surface area contributed by atoms with Crippen molar-refractivity contribution in [2.75, 3.05) is 20.2 Å². The lowest BCUT2D eigenvalue weighted by Gasteiger charge is -2.27. The molecule has 3 rings (SSSR count). The van der Waals surface area contributed by atoms with E-state index in [0.717, 1.165) is 11.5 Å². The van der Waals surface area contributed by atoms with Crippen LogP contribution in [0.2, 0.25) is 0 Å². The van der Waals surface area contributed by atoms with Gasteiger partial charge in [0.15, 0.2) is 23.3 Å². The zero-order chi connectivity index (χ0) is 16.1. The number of benzene rings is 1. The summed E-state index contributed by atoms with van der Waals surface area (Å²) >= 11 is 0. The standard InChI is InChI=1S/C15H19N5O3/c1-10-19-14(20-23-10)8-18-15(16-2)17-7-11-9-21-12-5-3-4-6-13(12)22-11/h3-6,11H,7-9H2,1-2H3,(H2,16,17,18). The summed E-state index contributed by atoms with van der Waals surface area (Å²) in [6.45, 7) is 3.24. The van der Waals surface area contributed by atoms with Crippen molar-refractivity contribution in [1.29, 1.82) is 0 Å². The van der Waals surface area contributed by atoms with E-state index in [0.29, 0.717) is 37.4 Å². The molecule has 0 aliphatic carbocycles. The predicted octanol–water partition coefficient (Wildman–Crippen LogP) is 0.883. The molecular weight excluding hydrogens is 298 g/mol. The van der Waals surface area contributed by atoms with Gasteiger partial charge >= 0.3 is 0 Å². The van der Waals surface area contributed by atoms with Gasteiger partial charge in [-0.1, -0.05) is 17.3 Å². The molecule has 0 saturated heterocycles. The molecule has 1 atom stereocenters. The van der Waals surface area contributed by atoms with E-state index in [1.165, 1.54) is 0 Å². The Morgan fingerprint density at radius 1 is 1.30 bits per heavy atom. The Bertz CT molecular complexity index is 685. The number of guanidine groups is 1. The quantitative estimate of drug-likeness (QED) is 0.638. The van der Waals surface area contributed by atoms with Crippen LogP contribution in [0.5, 0.6) is 11.5 Å². The SMILES string of the molecule is CN=C(NCc1noc(C)n1)NCC1COc2ccccc2O1. The fourth-order valence-corrected chi connectivity index (χ4v) is 2.17. The maximum absolute atomic E-state index is 5.88. The van der Waals surface area contributed by atoms with Crippen LogP contribution in [-0.2, 0) is 6.54 Å². The number of hydrogen-bond acceptors (Lipinski definition) is 6. The molecule has 1 aliphatic rings. The normalized spacial score (nSPS) is 17.0. The number of nitrogens with zero attached hydrogens (tertiary/aromatic N) is 3. The summed E-state index contributed by atoms with van der Waals surface area (Å²) in [5.41, 5.74) is 0. The van der Waals surface area contributed by atoms with E-state index in [9.17, 15) is 0 Å². The van der Waals surface area contributed by atoms with Gasteiger partial charge in [0.1, 0.15) is 12.7 Å². The molecule has 1 aliphatic heterocycles. The smallest absolute Gasteiger partial charge is 0.223 e. The van der Waals surface area contributed by atoms with Crippen molar-refractivity contribution in [3.8, 4) is 11.5 Å². The lowest BCUT2D eigenvalue weighted by molar-refractivity contribution is 0.0936. The average molecular weight is 317 g/mol. The second-order valence-corrected chi connectivity index (χ2v) is 5.03. The summed E-state index contributed by atoms with van der Waals surface area (Å²) in [4.78, 5) is 8.27. The minimum absolute atomic E-state index is 0.0872. The molecule has 2 aromatic rings. The third-order valence-electron chi connectivity index (χ3n) is 3.27. The maximum Gasteiger partial charge on any atom is 0.223 e. The lowest BCUT2D eigenvalue weighted by atomic mass is 10.2. The Kier molecular flexibility index (Phi) is 4.60. The van der Waals surface area contributed by atoms with Crippen LogP contribution in [0.1, 0.15) is 11.7 Å². The molecule has 1 aromatic heterocycles. The largest absolute Gasteiger partial charge is 0.486 e. The molecular formula is C15H19N5O3. The molecule has 0 saturated carbocycles. The molecule has 2 heterocycles. The fourth-order valence-electron chi connectivity index (χ4n) is 2.17. The molecule has 0 fully saturated rings. The average Bonchev–Trinajstić information content (AvgIpc) is 3.00. The monoisotopic (exact) mass is 317 g/mol. The highest BCUT2D eigenvalue weighted by molar-refractivity contribution is 5.79. The molecule has 23 heavy (non-hydrogen) atoms. The highest BCUT2D eigenvalue weighted by Gasteiger charge is 2.20. The Morgan fingerprint density at radius 2 is 2.13 bits per heavy atom. The van der Waals surface area contributed by atoms with Gasteiger partial charge in [-0.05, 0) is 12.1 Å². The van der Waals surface area contributed by atoms with Crippen molar-refractivity contribution in [2.45, 2.75) is 19.6 Å². The zero-order valence-corrected chi connectivity index (χ0v) is 13.1. The second-order valence-electron chi connectivity index (χ2n) is 5.03. The highest BCUT2D eigenvalue weighted by atomic mass is 16.6. The molecule has 1 unspecified atom stereocenters. The third-order valence-corrected chi connectivity index (χ3v) is 3.27. The van der Waals surface area contributed by atoms with Gasteiger partial charge in [0.05, 0.1) is 13.1 Å². The van der Waals surface area contributed by atoms with Crippen molar-refractivity contribution < 1.29 is 14.0 Å². The van der Waals surface area contributed by atoms with Crippen LogP contribution in [0, 0.1) is 6.92 Å². The zero-order valence-electron chi connectivity index (χ0n) is 13.1. The van der Waals surface area contributed by atoms with Crippen molar-refractivity contribution in [3.63, 3.8) is 0 Å². The Hall–Kier alpha value is -2.77. The number of aryl methyl sites for hydroxylation is 1. The number of aliphatic imine (C=N–C) groups is 1. The third kappa shape index (κ3) is 3.91. The molecule has 8 heteroatoms. The topological polar surface area (TPSA) is 93.8 Å². The van der Waals surface area contributed by atoms with Crippen LogP contribution < -0.4 is 20.1 Å². The number of nitrogens with one attached hydrogen (secondary N) is 2. The number of para-hydroxylation sites is 2. The van der Waals surface area contributed by atoms with Crippen LogP contribution >= 0.6 is 0 Å².